The lowest BCUT2D eigenvalue weighted by Gasteiger charge is -2.18. The van der Waals surface area contributed by atoms with E-state index in [0.29, 0.717) is 18.0 Å². The van der Waals surface area contributed by atoms with Crippen molar-refractivity contribution in [1.29, 1.82) is 0 Å². The van der Waals surface area contributed by atoms with E-state index < -0.39 is 13.3 Å². The van der Waals surface area contributed by atoms with Crippen molar-refractivity contribution in [2.45, 2.75) is 6.92 Å². The fourth-order valence-corrected chi connectivity index (χ4v) is 2.96. The lowest BCUT2D eigenvalue weighted by molar-refractivity contribution is 0.340. The molecule has 0 aliphatic rings. The maximum absolute atomic E-state index is 13.5. The van der Waals surface area contributed by atoms with Crippen molar-refractivity contribution in [3.8, 4) is 11.5 Å². The van der Waals surface area contributed by atoms with Crippen LogP contribution in [-0.4, -0.2) is 13.3 Å². The molecule has 6 heteroatoms. The molecule has 0 aliphatic heterocycles. The Bertz CT molecular complexity index is 663. The Kier molecular flexibility index (Phi) is 4.86. The summed E-state index contributed by atoms with van der Waals surface area (Å²) in [4.78, 5) is 0. The fourth-order valence-electron chi connectivity index (χ4n) is 1.79. The molecule has 0 amide bonds. The number of para-hydroxylation sites is 1. The number of hydrogen-bond donors (Lipinski definition) is 1. The van der Waals surface area contributed by atoms with Crippen LogP contribution < -0.4 is 14.3 Å². The van der Waals surface area contributed by atoms with Gasteiger partial charge in [0.2, 0.25) is 0 Å². The van der Waals surface area contributed by atoms with Crippen LogP contribution in [0.1, 0.15) is 6.92 Å². The zero-order chi connectivity index (χ0) is 15.3. The lowest BCUT2D eigenvalue weighted by atomic mass is 10.3. The minimum Gasteiger partial charge on any atom is -0.494 e. The van der Waals surface area contributed by atoms with Crippen LogP contribution in [0.25, 0.3) is 0 Å². The molecule has 2 aromatic rings. The number of ether oxygens (including phenoxy) is 1. The van der Waals surface area contributed by atoms with E-state index in [1.165, 1.54) is 18.8 Å². The van der Waals surface area contributed by atoms with Gasteiger partial charge in [-0.15, -0.1) is 0 Å². The number of benzene rings is 2. The number of nitrogens with one attached hydrogen (secondary N) is 1. The van der Waals surface area contributed by atoms with Gasteiger partial charge >= 0.3 is 7.52 Å². The third-order valence-electron chi connectivity index (χ3n) is 2.59. The molecule has 0 saturated heterocycles. The van der Waals surface area contributed by atoms with Gasteiger partial charge in [-0.25, -0.2) is 4.39 Å². The van der Waals surface area contributed by atoms with Gasteiger partial charge in [-0.3, -0.25) is 4.57 Å². The molecule has 0 aliphatic carbocycles. The highest BCUT2D eigenvalue weighted by Crippen LogP contribution is 2.44. The van der Waals surface area contributed by atoms with Gasteiger partial charge in [0, 0.05) is 18.4 Å². The Hall–Kier alpha value is -2.00. The van der Waals surface area contributed by atoms with Crippen LogP contribution in [0.5, 0.6) is 11.5 Å². The van der Waals surface area contributed by atoms with Gasteiger partial charge < -0.3 is 14.3 Å². The smallest absolute Gasteiger partial charge is 0.338 e. The van der Waals surface area contributed by atoms with Crippen molar-refractivity contribution in [3.05, 3.63) is 54.3 Å². The molecule has 21 heavy (non-hydrogen) atoms. The van der Waals surface area contributed by atoms with Gasteiger partial charge in [-0.05, 0) is 31.2 Å². The Morgan fingerprint density at radius 2 is 1.95 bits per heavy atom. The van der Waals surface area contributed by atoms with Crippen LogP contribution in [0.2, 0.25) is 0 Å². The number of hydrogen-bond acceptors (Lipinski definition) is 3. The van der Waals surface area contributed by atoms with Crippen LogP contribution in [-0.2, 0) is 4.57 Å². The fraction of sp³-hybridized carbons (Fsp3) is 0.200. The summed E-state index contributed by atoms with van der Waals surface area (Å²) in [5.41, 5.74) is 0.586. The molecule has 1 atom stereocenters. The second kappa shape index (κ2) is 6.64. The highest BCUT2D eigenvalue weighted by molar-refractivity contribution is 7.60. The molecule has 0 unspecified atom stereocenters. The van der Waals surface area contributed by atoms with Gasteiger partial charge in [0.15, 0.2) is 11.6 Å². The Balaban J connectivity index is 2.12. The zero-order valence-electron chi connectivity index (χ0n) is 11.9. The van der Waals surface area contributed by atoms with Gasteiger partial charge in [0.1, 0.15) is 5.75 Å². The van der Waals surface area contributed by atoms with Gasteiger partial charge in [-0.1, -0.05) is 18.2 Å². The number of rotatable bonds is 6. The molecular weight excluding hydrogens is 292 g/mol. The van der Waals surface area contributed by atoms with Crippen LogP contribution >= 0.6 is 7.52 Å². The minimum absolute atomic E-state index is 0.0446. The van der Waals surface area contributed by atoms with E-state index in [2.05, 4.69) is 5.09 Å². The number of anilines is 1. The topological polar surface area (TPSA) is 47.6 Å². The Morgan fingerprint density at radius 1 is 1.19 bits per heavy atom. The molecule has 0 fully saturated rings. The maximum atomic E-state index is 13.5. The summed E-state index contributed by atoms with van der Waals surface area (Å²) in [6.07, 6.45) is 0. The summed E-state index contributed by atoms with van der Waals surface area (Å²) in [7, 11) is -3.25. The van der Waals surface area contributed by atoms with E-state index in [1.54, 1.807) is 36.4 Å². The van der Waals surface area contributed by atoms with E-state index in [-0.39, 0.29) is 5.75 Å². The van der Waals surface area contributed by atoms with E-state index in [1.807, 2.05) is 6.92 Å². The van der Waals surface area contributed by atoms with Gasteiger partial charge in [-0.2, -0.15) is 0 Å². The Morgan fingerprint density at radius 3 is 2.67 bits per heavy atom. The highest BCUT2D eigenvalue weighted by Gasteiger charge is 2.19. The zero-order valence-corrected chi connectivity index (χ0v) is 12.8. The second-order valence-corrected chi connectivity index (χ2v) is 6.54. The summed E-state index contributed by atoms with van der Waals surface area (Å²) in [6, 6.07) is 12.9. The first kappa shape index (κ1) is 15.4. The van der Waals surface area contributed by atoms with Gasteiger partial charge in [0.05, 0.1) is 6.61 Å². The van der Waals surface area contributed by atoms with E-state index >= 15 is 0 Å². The SMILES string of the molecule is CCOc1cccc(N[P@@](C)(=O)Oc2ccccc2F)c1. The summed E-state index contributed by atoms with van der Waals surface area (Å²) in [6.45, 7) is 3.82. The van der Waals surface area contributed by atoms with Crippen LogP contribution in [0, 0.1) is 5.82 Å². The third-order valence-corrected chi connectivity index (χ3v) is 3.80. The summed E-state index contributed by atoms with van der Waals surface area (Å²) >= 11 is 0. The largest absolute Gasteiger partial charge is 0.494 e. The monoisotopic (exact) mass is 309 g/mol. The average Bonchev–Trinajstić information content (AvgIpc) is 2.41. The first-order valence-corrected chi connectivity index (χ1v) is 8.60. The predicted octanol–water partition coefficient (Wildman–Crippen LogP) is 4.54. The highest BCUT2D eigenvalue weighted by atomic mass is 31.2. The van der Waals surface area contributed by atoms with Crippen molar-refractivity contribution in [1.82, 2.24) is 0 Å². The molecule has 2 aromatic carbocycles. The van der Waals surface area contributed by atoms with E-state index in [4.69, 9.17) is 9.26 Å². The van der Waals surface area contributed by atoms with Crippen LogP contribution in [0.15, 0.2) is 48.5 Å². The van der Waals surface area contributed by atoms with Crippen LogP contribution in [0.3, 0.4) is 0 Å². The minimum atomic E-state index is -3.25. The standard InChI is InChI=1S/C15H17FNO3P/c1-3-19-13-8-6-7-12(11-13)17-21(2,18)20-15-10-5-4-9-14(15)16/h4-11H,3H2,1-2H3,(H,17,18)/t21-/m0/s1. The number of halogens is 1. The second-order valence-electron chi connectivity index (χ2n) is 4.44. The average molecular weight is 309 g/mol. The van der Waals surface area contributed by atoms with Crippen molar-refractivity contribution >= 4 is 13.2 Å². The molecule has 0 heterocycles. The summed E-state index contributed by atoms with van der Waals surface area (Å²) in [5.74, 6) is 0.0645. The van der Waals surface area contributed by atoms with Gasteiger partial charge in [0.25, 0.3) is 0 Å². The summed E-state index contributed by atoms with van der Waals surface area (Å²) in [5, 5.41) is 2.78. The Labute approximate surface area is 123 Å². The molecule has 0 aromatic heterocycles. The molecular formula is C15H17FNO3P. The molecule has 1 N–H and O–H groups in total. The molecule has 0 radical (unpaired) electrons. The van der Waals surface area contributed by atoms with Crippen LogP contribution in [0.4, 0.5) is 10.1 Å². The lowest BCUT2D eigenvalue weighted by Crippen LogP contribution is -2.03. The molecule has 0 saturated carbocycles. The van der Waals surface area contributed by atoms with E-state index in [9.17, 15) is 8.96 Å². The molecule has 4 nitrogen and oxygen atoms in total. The van der Waals surface area contributed by atoms with Crippen molar-refractivity contribution in [2.75, 3.05) is 18.4 Å². The normalized spacial score (nSPS) is 13.3. The molecule has 112 valence electrons. The predicted molar refractivity (Wildman–Crippen MR) is 81.8 cm³/mol. The summed E-state index contributed by atoms with van der Waals surface area (Å²) < 4.78 is 36.6. The maximum Gasteiger partial charge on any atom is 0.338 e. The van der Waals surface area contributed by atoms with Crippen molar-refractivity contribution in [3.63, 3.8) is 0 Å². The van der Waals surface area contributed by atoms with Crippen molar-refractivity contribution < 1.29 is 18.2 Å². The van der Waals surface area contributed by atoms with E-state index in [0.717, 1.165) is 0 Å². The molecule has 0 bridgehead atoms. The quantitative estimate of drug-likeness (QED) is 0.796. The first-order chi connectivity index (χ1) is 10.00. The first-order valence-electron chi connectivity index (χ1n) is 6.53. The molecule has 0 spiro atoms. The molecule has 2 rings (SSSR count). The third kappa shape index (κ3) is 4.50. The van der Waals surface area contributed by atoms with Crippen molar-refractivity contribution in [2.24, 2.45) is 0 Å².